The molecule has 5 nitrogen and oxygen atoms in total. The molecule has 0 saturated carbocycles. The van der Waals surface area contributed by atoms with E-state index in [4.69, 9.17) is 0 Å². The maximum Gasteiger partial charge on any atom is 0.214 e. The molecule has 0 bridgehead atoms. The smallest absolute Gasteiger partial charge is 0.214 e. The number of ketones is 1. The number of nitrogens with zero attached hydrogens (tertiary/aromatic N) is 2. The van der Waals surface area contributed by atoms with Gasteiger partial charge in [0, 0.05) is 38.2 Å². The van der Waals surface area contributed by atoms with E-state index in [0.29, 0.717) is 19.5 Å². The second kappa shape index (κ2) is 9.30. The Labute approximate surface area is 145 Å². The Bertz CT molecular complexity index is 608. The molecular formula is C18H28N2O3S. The molecule has 0 radical (unpaired) electrons. The Morgan fingerprint density at radius 2 is 1.71 bits per heavy atom. The van der Waals surface area contributed by atoms with Crippen molar-refractivity contribution in [1.29, 1.82) is 0 Å². The lowest BCUT2D eigenvalue weighted by molar-refractivity contribution is 0.0971. The first-order chi connectivity index (χ1) is 11.5. The highest BCUT2D eigenvalue weighted by atomic mass is 32.2. The molecule has 1 saturated heterocycles. The third-order valence-electron chi connectivity index (χ3n) is 4.45. The lowest BCUT2D eigenvalue weighted by Crippen LogP contribution is -2.49. The SMILES string of the molecule is CCCCS(=O)(=O)N1CCN(CCCC(=O)c2ccccc2)CC1. The second-order valence-corrected chi connectivity index (χ2v) is 8.39. The molecule has 0 N–H and O–H groups in total. The zero-order valence-corrected chi connectivity index (χ0v) is 15.3. The zero-order valence-electron chi connectivity index (χ0n) is 14.5. The maximum absolute atomic E-state index is 12.2. The molecular weight excluding hydrogens is 324 g/mol. The molecule has 24 heavy (non-hydrogen) atoms. The first-order valence-corrected chi connectivity index (χ1v) is 10.4. The van der Waals surface area contributed by atoms with Gasteiger partial charge in [0.05, 0.1) is 5.75 Å². The summed E-state index contributed by atoms with van der Waals surface area (Å²) in [6, 6.07) is 9.37. The fourth-order valence-electron chi connectivity index (χ4n) is 2.92. The van der Waals surface area contributed by atoms with Crippen LogP contribution in [0.15, 0.2) is 30.3 Å². The summed E-state index contributed by atoms with van der Waals surface area (Å²) in [6.45, 7) is 5.50. The summed E-state index contributed by atoms with van der Waals surface area (Å²) in [5, 5.41) is 0. The summed E-state index contributed by atoms with van der Waals surface area (Å²) in [5.74, 6) is 0.436. The molecule has 0 amide bonds. The van der Waals surface area contributed by atoms with Gasteiger partial charge in [-0.1, -0.05) is 43.7 Å². The predicted octanol–water partition coefficient (Wildman–Crippen LogP) is 2.40. The van der Waals surface area contributed by atoms with Crippen LogP contribution in [0, 0.1) is 0 Å². The minimum atomic E-state index is -3.09. The fourth-order valence-corrected chi connectivity index (χ4v) is 4.55. The molecule has 1 aliphatic rings. The molecule has 1 aromatic carbocycles. The van der Waals surface area contributed by atoms with Gasteiger partial charge in [-0.05, 0) is 19.4 Å². The van der Waals surface area contributed by atoms with E-state index in [1.807, 2.05) is 37.3 Å². The van der Waals surface area contributed by atoms with Gasteiger partial charge < -0.3 is 4.90 Å². The van der Waals surface area contributed by atoms with Gasteiger partial charge in [-0.3, -0.25) is 4.79 Å². The van der Waals surface area contributed by atoms with Crippen LogP contribution in [-0.4, -0.2) is 61.9 Å². The van der Waals surface area contributed by atoms with Gasteiger partial charge in [0.1, 0.15) is 0 Å². The van der Waals surface area contributed by atoms with E-state index in [1.54, 1.807) is 4.31 Å². The van der Waals surface area contributed by atoms with Crippen molar-refractivity contribution in [1.82, 2.24) is 9.21 Å². The number of carbonyl (C=O) groups is 1. The molecule has 6 heteroatoms. The summed E-state index contributed by atoms with van der Waals surface area (Å²) in [4.78, 5) is 14.3. The Kier molecular flexibility index (Phi) is 7.40. The van der Waals surface area contributed by atoms with E-state index in [-0.39, 0.29) is 11.5 Å². The third-order valence-corrected chi connectivity index (χ3v) is 6.41. The van der Waals surface area contributed by atoms with Crippen LogP contribution in [-0.2, 0) is 10.0 Å². The van der Waals surface area contributed by atoms with Crippen molar-refractivity contribution in [3.8, 4) is 0 Å². The van der Waals surface area contributed by atoms with Gasteiger partial charge >= 0.3 is 0 Å². The lowest BCUT2D eigenvalue weighted by atomic mass is 10.1. The van der Waals surface area contributed by atoms with Crippen molar-refractivity contribution in [2.45, 2.75) is 32.6 Å². The zero-order chi connectivity index (χ0) is 17.4. The standard InChI is InChI=1S/C18H28N2O3S/c1-2-3-16-24(22,23)20-14-12-19(13-15-20)11-7-10-18(21)17-8-5-4-6-9-17/h4-6,8-9H,2-3,7,10-16H2,1H3. The molecule has 0 unspecified atom stereocenters. The van der Waals surface area contributed by atoms with Crippen molar-refractivity contribution < 1.29 is 13.2 Å². The first-order valence-electron chi connectivity index (χ1n) is 8.81. The monoisotopic (exact) mass is 352 g/mol. The molecule has 2 rings (SSSR count). The molecule has 0 aromatic heterocycles. The van der Waals surface area contributed by atoms with Gasteiger partial charge in [-0.25, -0.2) is 8.42 Å². The number of hydrogen-bond acceptors (Lipinski definition) is 4. The quantitative estimate of drug-likeness (QED) is 0.640. The summed E-state index contributed by atoms with van der Waals surface area (Å²) in [6.07, 6.45) is 2.98. The highest BCUT2D eigenvalue weighted by molar-refractivity contribution is 7.89. The molecule has 134 valence electrons. The first kappa shape index (κ1) is 19.1. The van der Waals surface area contributed by atoms with Crippen LogP contribution in [0.25, 0.3) is 0 Å². The highest BCUT2D eigenvalue weighted by Crippen LogP contribution is 2.11. The van der Waals surface area contributed by atoms with Crippen molar-refractivity contribution in [3.63, 3.8) is 0 Å². The van der Waals surface area contributed by atoms with Gasteiger partial charge in [-0.15, -0.1) is 0 Å². The second-order valence-electron chi connectivity index (χ2n) is 6.30. The molecule has 0 atom stereocenters. The van der Waals surface area contributed by atoms with E-state index in [1.165, 1.54) is 0 Å². The predicted molar refractivity (Wildman–Crippen MR) is 96.7 cm³/mol. The number of Topliss-reactive ketones (excluding diaryl/α,β-unsaturated/α-hetero) is 1. The molecule has 0 spiro atoms. The van der Waals surface area contributed by atoms with E-state index >= 15 is 0 Å². The average Bonchev–Trinajstić information content (AvgIpc) is 2.61. The number of benzene rings is 1. The van der Waals surface area contributed by atoms with Crippen LogP contribution in [0.5, 0.6) is 0 Å². The number of rotatable bonds is 9. The van der Waals surface area contributed by atoms with Gasteiger partial charge in [0.2, 0.25) is 10.0 Å². The van der Waals surface area contributed by atoms with Crippen LogP contribution in [0.4, 0.5) is 0 Å². The lowest BCUT2D eigenvalue weighted by Gasteiger charge is -2.34. The van der Waals surface area contributed by atoms with Crippen molar-refractivity contribution in [3.05, 3.63) is 35.9 Å². The number of carbonyl (C=O) groups excluding carboxylic acids is 1. The maximum atomic E-state index is 12.2. The highest BCUT2D eigenvalue weighted by Gasteiger charge is 2.26. The van der Waals surface area contributed by atoms with E-state index in [0.717, 1.165) is 44.5 Å². The summed E-state index contributed by atoms with van der Waals surface area (Å²) >= 11 is 0. The van der Waals surface area contributed by atoms with Gasteiger partial charge in [0.25, 0.3) is 0 Å². The minimum absolute atomic E-state index is 0.177. The normalized spacial score (nSPS) is 17.0. The Morgan fingerprint density at radius 1 is 1.04 bits per heavy atom. The van der Waals surface area contributed by atoms with E-state index in [9.17, 15) is 13.2 Å². The molecule has 1 fully saturated rings. The van der Waals surface area contributed by atoms with Crippen LogP contribution < -0.4 is 0 Å². The van der Waals surface area contributed by atoms with Crippen molar-refractivity contribution in [2.75, 3.05) is 38.5 Å². The van der Waals surface area contributed by atoms with Crippen molar-refractivity contribution >= 4 is 15.8 Å². The average molecular weight is 353 g/mol. The summed E-state index contributed by atoms with van der Waals surface area (Å²) in [5.41, 5.74) is 0.768. The largest absolute Gasteiger partial charge is 0.301 e. The fraction of sp³-hybridized carbons (Fsp3) is 0.611. The van der Waals surface area contributed by atoms with Crippen molar-refractivity contribution in [2.24, 2.45) is 0 Å². The number of sulfonamides is 1. The van der Waals surface area contributed by atoms with E-state index < -0.39 is 10.0 Å². The van der Waals surface area contributed by atoms with Crippen LogP contribution in [0.2, 0.25) is 0 Å². The summed E-state index contributed by atoms with van der Waals surface area (Å²) in [7, 11) is -3.09. The Morgan fingerprint density at radius 3 is 2.33 bits per heavy atom. The Balaban J connectivity index is 1.69. The molecule has 1 aliphatic heterocycles. The van der Waals surface area contributed by atoms with Crippen LogP contribution in [0.3, 0.4) is 0 Å². The molecule has 1 aromatic rings. The molecule has 1 heterocycles. The minimum Gasteiger partial charge on any atom is -0.301 e. The van der Waals surface area contributed by atoms with Gasteiger partial charge in [0.15, 0.2) is 5.78 Å². The Hall–Kier alpha value is -1.24. The summed E-state index contributed by atoms with van der Waals surface area (Å²) < 4.78 is 26.0. The van der Waals surface area contributed by atoms with Crippen LogP contribution >= 0.6 is 0 Å². The number of hydrogen-bond donors (Lipinski definition) is 0. The molecule has 0 aliphatic carbocycles. The van der Waals surface area contributed by atoms with Gasteiger partial charge in [-0.2, -0.15) is 4.31 Å². The third kappa shape index (κ3) is 5.69. The van der Waals surface area contributed by atoms with Crippen LogP contribution in [0.1, 0.15) is 43.0 Å². The topological polar surface area (TPSA) is 57.7 Å². The number of unbranched alkanes of at least 4 members (excludes halogenated alkanes) is 1. The number of piperazine rings is 1. The van der Waals surface area contributed by atoms with E-state index in [2.05, 4.69) is 4.90 Å².